The quantitative estimate of drug-likeness (QED) is 0.317. The van der Waals surface area contributed by atoms with E-state index >= 15 is 0 Å². The molecule has 174 valence electrons. The molecule has 1 aromatic heterocycles. The van der Waals surface area contributed by atoms with Gasteiger partial charge >= 0.3 is 0 Å². The van der Waals surface area contributed by atoms with Gasteiger partial charge in [0.15, 0.2) is 17.1 Å². The molecule has 3 rings (SSSR count). The van der Waals surface area contributed by atoms with Crippen LogP contribution < -0.4 is 19.5 Å². The average molecular weight is 469 g/mol. The summed E-state index contributed by atoms with van der Waals surface area (Å²) in [5, 5.41) is 12.1. The van der Waals surface area contributed by atoms with Gasteiger partial charge in [-0.25, -0.2) is 0 Å². The summed E-state index contributed by atoms with van der Waals surface area (Å²) < 4.78 is 18.3. The number of carbonyl (C=O) groups is 1. The molecule has 1 amide bonds. The van der Waals surface area contributed by atoms with Crippen LogP contribution in [0.3, 0.4) is 0 Å². The van der Waals surface area contributed by atoms with E-state index in [4.69, 9.17) is 14.2 Å². The number of nitrogens with zero attached hydrogens (tertiary/aromatic N) is 3. The molecule has 3 aromatic rings. The topological polar surface area (TPSA) is 87.5 Å². The molecule has 1 N–H and O–H groups in total. The number of methoxy groups -OCH3 is 2. The number of hydrogen-bond donors (Lipinski definition) is 1. The first-order valence-corrected chi connectivity index (χ1v) is 11.4. The molecule has 33 heavy (non-hydrogen) atoms. The number of rotatable bonds is 12. The third kappa shape index (κ3) is 6.76. The summed E-state index contributed by atoms with van der Waals surface area (Å²) in [6.07, 6.45) is 1.42. The molecular formula is C24H28N4O4S. The SMILES string of the molecule is C=CCn1c(SCC(=O)NCc2ccc(OC)cc2)nnc1C(C)Oc1ccc(OC)cc1. The zero-order chi connectivity index (χ0) is 23.6. The van der Waals surface area contributed by atoms with Gasteiger partial charge in [0.1, 0.15) is 17.2 Å². The van der Waals surface area contributed by atoms with Gasteiger partial charge in [-0.1, -0.05) is 30.0 Å². The fourth-order valence-corrected chi connectivity index (χ4v) is 3.83. The van der Waals surface area contributed by atoms with Crippen molar-refractivity contribution in [2.75, 3.05) is 20.0 Å². The smallest absolute Gasteiger partial charge is 0.230 e. The van der Waals surface area contributed by atoms with Crippen molar-refractivity contribution in [2.45, 2.75) is 31.3 Å². The molecule has 0 aliphatic carbocycles. The molecule has 1 unspecified atom stereocenters. The minimum absolute atomic E-state index is 0.0898. The maximum Gasteiger partial charge on any atom is 0.230 e. The first-order valence-electron chi connectivity index (χ1n) is 10.4. The highest BCUT2D eigenvalue weighted by atomic mass is 32.2. The normalized spacial score (nSPS) is 11.5. The van der Waals surface area contributed by atoms with E-state index in [0.29, 0.717) is 29.8 Å². The van der Waals surface area contributed by atoms with Crippen LogP contribution in [0.1, 0.15) is 24.4 Å². The second-order valence-corrected chi connectivity index (χ2v) is 8.03. The Kier molecular flexibility index (Phi) is 8.77. The molecule has 0 saturated heterocycles. The van der Waals surface area contributed by atoms with Crippen molar-refractivity contribution in [3.05, 3.63) is 72.6 Å². The number of hydrogen-bond acceptors (Lipinski definition) is 7. The zero-order valence-electron chi connectivity index (χ0n) is 19.0. The number of carbonyl (C=O) groups excluding carboxylic acids is 1. The Hall–Kier alpha value is -3.46. The van der Waals surface area contributed by atoms with Crippen molar-refractivity contribution >= 4 is 17.7 Å². The van der Waals surface area contributed by atoms with Crippen LogP contribution in [0.25, 0.3) is 0 Å². The Balaban J connectivity index is 1.58. The third-order valence-corrected chi connectivity index (χ3v) is 5.74. The molecule has 9 heteroatoms. The minimum atomic E-state index is -0.343. The van der Waals surface area contributed by atoms with Crippen LogP contribution in [0.2, 0.25) is 0 Å². The van der Waals surface area contributed by atoms with E-state index in [1.807, 2.05) is 60.0 Å². The van der Waals surface area contributed by atoms with Crippen LogP contribution in [0.4, 0.5) is 0 Å². The summed E-state index contributed by atoms with van der Waals surface area (Å²) in [5.74, 6) is 3.03. The molecule has 0 radical (unpaired) electrons. The predicted octanol–water partition coefficient (Wildman–Crippen LogP) is 4.03. The van der Waals surface area contributed by atoms with Gasteiger partial charge in [-0.2, -0.15) is 0 Å². The van der Waals surface area contributed by atoms with Crippen molar-refractivity contribution in [3.63, 3.8) is 0 Å². The van der Waals surface area contributed by atoms with Crippen LogP contribution in [0, 0.1) is 0 Å². The monoisotopic (exact) mass is 468 g/mol. The Morgan fingerprint density at radius 2 is 1.67 bits per heavy atom. The summed E-state index contributed by atoms with van der Waals surface area (Å²) in [6, 6.07) is 14.9. The van der Waals surface area contributed by atoms with Crippen LogP contribution in [-0.2, 0) is 17.9 Å². The van der Waals surface area contributed by atoms with Crippen LogP contribution in [0.15, 0.2) is 66.3 Å². The minimum Gasteiger partial charge on any atom is -0.497 e. The maximum atomic E-state index is 12.3. The van der Waals surface area contributed by atoms with Crippen LogP contribution in [0.5, 0.6) is 17.2 Å². The van der Waals surface area contributed by atoms with Gasteiger partial charge in [-0.15, -0.1) is 16.8 Å². The fraction of sp³-hybridized carbons (Fsp3) is 0.292. The first kappa shape index (κ1) is 24.2. The molecule has 0 bridgehead atoms. The van der Waals surface area contributed by atoms with Crippen molar-refractivity contribution in [1.82, 2.24) is 20.1 Å². The van der Waals surface area contributed by atoms with Gasteiger partial charge in [0.2, 0.25) is 5.91 Å². The highest BCUT2D eigenvalue weighted by Crippen LogP contribution is 2.26. The standard InChI is InChI=1S/C24H28N4O4S/c1-5-14-28-23(17(2)32-21-12-10-20(31-4)11-13-21)26-27-24(28)33-16-22(29)25-15-18-6-8-19(30-3)9-7-18/h5-13,17H,1,14-16H2,2-4H3,(H,25,29). The lowest BCUT2D eigenvalue weighted by atomic mass is 10.2. The van der Waals surface area contributed by atoms with Gasteiger partial charge in [0, 0.05) is 13.1 Å². The van der Waals surface area contributed by atoms with E-state index < -0.39 is 0 Å². The summed E-state index contributed by atoms with van der Waals surface area (Å²) in [5.41, 5.74) is 0.996. The van der Waals surface area contributed by atoms with Crippen molar-refractivity contribution in [2.24, 2.45) is 0 Å². The second kappa shape index (κ2) is 12.0. The second-order valence-electron chi connectivity index (χ2n) is 7.09. The first-order chi connectivity index (χ1) is 16.0. The van der Waals surface area contributed by atoms with Gasteiger partial charge in [-0.05, 0) is 48.9 Å². The molecular weight excluding hydrogens is 440 g/mol. The van der Waals surface area contributed by atoms with Gasteiger partial charge in [0.05, 0.1) is 20.0 Å². The number of nitrogens with one attached hydrogen (secondary N) is 1. The Morgan fingerprint density at radius 3 is 2.27 bits per heavy atom. The van der Waals surface area contributed by atoms with Gasteiger partial charge < -0.3 is 19.5 Å². The zero-order valence-corrected chi connectivity index (χ0v) is 19.8. The van der Waals surface area contributed by atoms with E-state index in [-0.39, 0.29) is 17.8 Å². The summed E-state index contributed by atoms with van der Waals surface area (Å²) in [6.45, 7) is 6.68. The van der Waals surface area contributed by atoms with Crippen molar-refractivity contribution < 1.29 is 19.0 Å². The lowest BCUT2D eigenvalue weighted by Crippen LogP contribution is -2.24. The van der Waals surface area contributed by atoms with E-state index in [1.165, 1.54) is 11.8 Å². The summed E-state index contributed by atoms with van der Waals surface area (Å²) in [4.78, 5) is 12.3. The van der Waals surface area contributed by atoms with E-state index in [9.17, 15) is 4.79 Å². The number of benzene rings is 2. The van der Waals surface area contributed by atoms with E-state index in [1.54, 1.807) is 20.3 Å². The average Bonchev–Trinajstić information content (AvgIpc) is 3.25. The van der Waals surface area contributed by atoms with Gasteiger partial charge in [0.25, 0.3) is 0 Å². The molecule has 0 aliphatic heterocycles. The molecule has 2 aromatic carbocycles. The molecule has 1 atom stereocenters. The molecule has 0 aliphatic rings. The number of amides is 1. The lowest BCUT2D eigenvalue weighted by molar-refractivity contribution is -0.118. The predicted molar refractivity (Wildman–Crippen MR) is 128 cm³/mol. The Labute approximate surface area is 198 Å². The number of aromatic nitrogens is 3. The summed E-state index contributed by atoms with van der Waals surface area (Å²) in [7, 11) is 3.24. The summed E-state index contributed by atoms with van der Waals surface area (Å²) >= 11 is 1.32. The number of ether oxygens (including phenoxy) is 3. The molecule has 8 nitrogen and oxygen atoms in total. The largest absolute Gasteiger partial charge is 0.497 e. The third-order valence-electron chi connectivity index (χ3n) is 4.77. The van der Waals surface area contributed by atoms with E-state index in [0.717, 1.165) is 17.1 Å². The molecule has 0 saturated carbocycles. The van der Waals surface area contributed by atoms with Gasteiger partial charge in [-0.3, -0.25) is 9.36 Å². The molecule has 0 fully saturated rings. The Morgan fingerprint density at radius 1 is 1.06 bits per heavy atom. The van der Waals surface area contributed by atoms with Crippen molar-refractivity contribution in [3.8, 4) is 17.2 Å². The Bertz CT molecular complexity index is 1050. The fourth-order valence-electron chi connectivity index (χ4n) is 3.04. The van der Waals surface area contributed by atoms with Crippen LogP contribution >= 0.6 is 11.8 Å². The maximum absolute atomic E-state index is 12.3. The highest BCUT2D eigenvalue weighted by Gasteiger charge is 2.20. The highest BCUT2D eigenvalue weighted by molar-refractivity contribution is 7.99. The van der Waals surface area contributed by atoms with Crippen molar-refractivity contribution in [1.29, 1.82) is 0 Å². The van der Waals surface area contributed by atoms with Crippen LogP contribution in [-0.4, -0.2) is 40.6 Å². The van der Waals surface area contributed by atoms with E-state index in [2.05, 4.69) is 22.1 Å². The number of thioether (sulfide) groups is 1. The molecule has 1 heterocycles. The lowest BCUT2D eigenvalue weighted by Gasteiger charge is -2.16. The number of allylic oxidation sites excluding steroid dienone is 1. The molecule has 0 spiro atoms.